The molecule has 21 heavy (non-hydrogen) atoms. The summed E-state index contributed by atoms with van der Waals surface area (Å²) in [5.74, 6) is -1.95. The number of carbonyl (C=O) groups is 2. The summed E-state index contributed by atoms with van der Waals surface area (Å²) in [6.07, 6.45) is 12.9. The van der Waals surface area contributed by atoms with Gasteiger partial charge in [0.1, 0.15) is 0 Å². The fourth-order valence-electron chi connectivity index (χ4n) is 3.41. The van der Waals surface area contributed by atoms with Gasteiger partial charge in [0.15, 0.2) is 0 Å². The molecule has 0 saturated heterocycles. The molecule has 0 aromatic rings. The third-order valence-corrected chi connectivity index (χ3v) is 6.29. The van der Waals surface area contributed by atoms with Crippen LogP contribution in [0.2, 0.25) is 0 Å². The lowest BCUT2D eigenvalue weighted by Crippen LogP contribution is -2.46. The van der Waals surface area contributed by atoms with E-state index in [2.05, 4.69) is 11.6 Å². The number of allylic oxidation sites excluding steroid dienone is 2. The van der Waals surface area contributed by atoms with Gasteiger partial charge in [0.05, 0.1) is 11.8 Å². The second-order valence-corrected chi connectivity index (χ2v) is 7.43. The monoisotopic (exact) mass is 311 g/mol. The molecule has 2 aliphatic rings. The number of carboxylic acids is 1. The molecule has 5 heteroatoms. The maximum atomic E-state index is 12.4. The van der Waals surface area contributed by atoms with E-state index < -0.39 is 17.8 Å². The van der Waals surface area contributed by atoms with E-state index in [0.717, 1.165) is 12.8 Å². The first-order valence-electron chi connectivity index (χ1n) is 7.79. The van der Waals surface area contributed by atoms with E-state index in [1.165, 1.54) is 19.3 Å². The van der Waals surface area contributed by atoms with E-state index >= 15 is 0 Å². The second-order valence-electron chi connectivity index (χ2n) is 6.16. The summed E-state index contributed by atoms with van der Waals surface area (Å²) in [6.45, 7) is 0.666. The highest BCUT2D eigenvalue weighted by Crippen LogP contribution is 2.38. The van der Waals surface area contributed by atoms with E-state index in [1.54, 1.807) is 0 Å². The van der Waals surface area contributed by atoms with Gasteiger partial charge in [-0.25, -0.2) is 0 Å². The first-order chi connectivity index (χ1) is 10.1. The molecule has 2 unspecified atom stereocenters. The Morgan fingerprint density at radius 3 is 2.38 bits per heavy atom. The van der Waals surface area contributed by atoms with Gasteiger partial charge in [0.25, 0.3) is 0 Å². The molecular formula is C16H25NO3S. The molecule has 0 aromatic carbocycles. The van der Waals surface area contributed by atoms with E-state index in [9.17, 15) is 14.7 Å². The van der Waals surface area contributed by atoms with Gasteiger partial charge in [-0.1, -0.05) is 31.4 Å². The van der Waals surface area contributed by atoms with Crippen LogP contribution in [0, 0.1) is 11.8 Å². The second kappa shape index (κ2) is 7.34. The summed E-state index contributed by atoms with van der Waals surface area (Å²) in [5, 5.41) is 12.3. The molecule has 0 radical (unpaired) electrons. The number of hydrogen-bond donors (Lipinski definition) is 2. The molecule has 2 N–H and O–H groups in total. The Bertz CT molecular complexity index is 416. The predicted octanol–water partition coefficient (Wildman–Crippen LogP) is 2.84. The zero-order valence-electron chi connectivity index (χ0n) is 12.6. The van der Waals surface area contributed by atoms with Crippen molar-refractivity contribution < 1.29 is 14.7 Å². The van der Waals surface area contributed by atoms with Crippen molar-refractivity contribution in [2.24, 2.45) is 11.8 Å². The summed E-state index contributed by atoms with van der Waals surface area (Å²) in [5.41, 5.74) is 0. The normalized spacial score (nSPS) is 28.0. The third kappa shape index (κ3) is 4.02. The van der Waals surface area contributed by atoms with E-state index in [0.29, 0.717) is 19.4 Å². The third-order valence-electron chi connectivity index (χ3n) is 4.87. The lowest BCUT2D eigenvalue weighted by molar-refractivity contribution is -0.147. The number of aliphatic carboxylic acids is 1. The Kier molecular flexibility index (Phi) is 5.73. The Morgan fingerprint density at radius 2 is 1.81 bits per heavy atom. The Labute approximate surface area is 130 Å². The number of hydrogen-bond acceptors (Lipinski definition) is 3. The van der Waals surface area contributed by atoms with Crippen molar-refractivity contribution in [3.05, 3.63) is 12.2 Å². The molecule has 0 heterocycles. The molecule has 0 spiro atoms. The molecule has 1 saturated carbocycles. The smallest absolute Gasteiger partial charge is 0.307 e. The van der Waals surface area contributed by atoms with Crippen molar-refractivity contribution in [1.82, 2.24) is 5.32 Å². The van der Waals surface area contributed by atoms with E-state index in [4.69, 9.17) is 0 Å². The standard InChI is InChI=1S/C16H25NO3S/c1-21-16(9-5-2-6-10-16)11-17-14(18)12-7-3-4-8-13(12)15(19)20/h3-4,12-13H,2,5-11H2,1H3,(H,17,18)(H,19,20). The molecule has 2 aliphatic carbocycles. The Balaban J connectivity index is 1.94. The van der Waals surface area contributed by atoms with Gasteiger partial charge in [-0.15, -0.1) is 0 Å². The van der Waals surface area contributed by atoms with Crippen LogP contribution in [-0.4, -0.2) is 34.5 Å². The van der Waals surface area contributed by atoms with Crippen molar-refractivity contribution in [3.8, 4) is 0 Å². The number of rotatable bonds is 5. The van der Waals surface area contributed by atoms with Crippen molar-refractivity contribution in [2.45, 2.75) is 49.7 Å². The molecule has 0 bridgehead atoms. The molecule has 118 valence electrons. The number of thioether (sulfide) groups is 1. The minimum absolute atomic E-state index is 0.0919. The van der Waals surface area contributed by atoms with Gasteiger partial charge in [-0.2, -0.15) is 11.8 Å². The van der Waals surface area contributed by atoms with Crippen LogP contribution in [0.1, 0.15) is 44.9 Å². The van der Waals surface area contributed by atoms with Crippen LogP contribution < -0.4 is 5.32 Å². The quantitative estimate of drug-likeness (QED) is 0.766. The average Bonchev–Trinajstić information content (AvgIpc) is 2.53. The number of amides is 1. The van der Waals surface area contributed by atoms with Gasteiger partial charge >= 0.3 is 5.97 Å². The van der Waals surface area contributed by atoms with E-state index in [-0.39, 0.29) is 10.7 Å². The summed E-state index contributed by atoms with van der Waals surface area (Å²) in [7, 11) is 0. The van der Waals surface area contributed by atoms with Crippen LogP contribution in [0.5, 0.6) is 0 Å². The Hall–Kier alpha value is -0.970. The minimum Gasteiger partial charge on any atom is -0.481 e. The first kappa shape index (κ1) is 16.4. The highest BCUT2D eigenvalue weighted by molar-refractivity contribution is 8.00. The maximum Gasteiger partial charge on any atom is 0.307 e. The highest BCUT2D eigenvalue weighted by atomic mass is 32.2. The van der Waals surface area contributed by atoms with Crippen molar-refractivity contribution >= 4 is 23.6 Å². The number of nitrogens with one attached hydrogen (secondary N) is 1. The van der Waals surface area contributed by atoms with E-state index in [1.807, 2.05) is 23.9 Å². The van der Waals surface area contributed by atoms with Crippen LogP contribution in [0.4, 0.5) is 0 Å². The molecule has 2 atom stereocenters. The molecule has 0 aromatic heterocycles. The first-order valence-corrected chi connectivity index (χ1v) is 9.01. The lowest BCUT2D eigenvalue weighted by Gasteiger charge is -2.36. The molecular weight excluding hydrogens is 286 g/mol. The SMILES string of the molecule is CSC1(CNC(=O)C2CC=CCC2C(=O)O)CCCCC1. The summed E-state index contributed by atoms with van der Waals surface area (Å²) in [4.78, 5) is 23.7. The summed E-state index contributed by atoms with van der Waals surface area (Å²) in [6, 6.07) is 0. The van der Waals surface area contributed by atoms with Gasteiger partial charge in [0.2, 0.25) is 5.91 Å². The van der Waals surface area contributed by atoms with Crippen LogP contribution in [0.3, 0.4) is 0 Å². The Morgan fingerprint density at radius 1 is 1.19 bits per heavy atom. The van der Waals surface area contributed by atoms with Gasteiger partial charge in [-0.05, 0) is 31.9 Å². The fourth-order valence-corrected chi connectivity index (χ4v) is 4.32. The molecule has 1 amide bonds. The van der Waals surface area contributed by atoms with Crippen molar-refractivity contribution in [3.63, 3.8) is 0 Å². The molecule has 1 fully saturated rings. The molecule has 2 rings (SSSR count). The lowest BCUT2D eigenvalue weighted by atomic mass is 9.82. The molecule has 4 nitrogen and oxygen atoms in total. The van der Waals surface area contributed by atoms with Crippen LogP contribution in [0.15, 0.2) is 12.2 Å². The van der Waals surface area contributed by atoms with Crippen LogP contribution in [0.25, 0.3) is 0 Å². The fraction of sp³-hybridized carbons (Fsp3) is 0.750. The zero-order valence-corrected chi connectivity index (χ0v) is 13.5. The highest BCUT2D eigenvalue weighted by Gasteiger charge is 2.36. The topological polar surface area (TPSA) is 66.4 Å². The minimum atomic E-state index is -0.864. The van der Waals surface area contributed by atoms with Crippen molar-refractivity contribution in [2.75, 3.05) is 12.8 Å². The summed E-state index contributed by atoms with van der Waals surface area (Å²) >= 11 is 1.84. The summed E-state index contributed by atoms with van der Waals surface area (Å²) < 4.78 is 0.150. The predicted molar refractivity (Wildman–Crippen MR) is 85.3 cm³/mol. The number of carboxylic acid groups (broad SMARTS) is 1. The van der Waals surface area contributed by atoms with Crippen molar-refractivity contribution in [1.29, 1.82) is 0 Å². The van der Waals surface area contributed by atoms with Gasteiger partial charge in [0, 0.05) is 11.3 Å². The van der Waals surface area contributed by atoms with Gasteiger partial charge < -0.3 is 10.4 Å². The van der Waals surface area contributed by atoms with Gasteiger partial charge in [-0.3, -0.25) is 9.59 Å². The number of carbonyl (C=O) groups excluding carboxylic acids is 1. The average molecular weight is 311 g/mol. The largest absolute Gasteiger partial charge is 0.481 e. The van der Waals surface area contributed by atoms with Crippen LogP contribution >= 0.6 is 11.8 Å². The zero-order chi connectivity index (χ0) is 15.3. The maximum absolute atomic E-state index is 12.4. The molecule has 0 aliphatic heterocycles. The van der Waals surface area contributed by atoms with Crippen LogP contribution in [-0.2, 0) is 9.59 Å².